The van der Waals surface area contributed by atoms with Gasteiger partial charge in [0.15, 0.2) is 0 Å². The molecule has 0 radical (unpaired) electrons. The number of hydrogen-bond donors (Lipinski definition) is 0. The average molecular weight is 196 g/mol. The number of unbranched alkanes of at least 4 members (excludes halogenated alkanes) is 1. The van der Waals surface area contributed by atoms with Crippen LogP contribution in [0, 0.1) is 11.8 Å². The van der Waals surface area contributed by atoms with E-state index in [0.29, 0.717) is 19.4 Å². The van der Waals surface area contributed by atoms with E-state index in [1.54, 1.807) is 13.8 Å². The first-order valence-corrected chi connectivity index (χ1v) is 4.77. The van der Waals surface area contributed by atoms with Gasteiger partial charge in [0.25, 0.3) is 0 Å². The minimum absolute atomic E-state index is 0.0682. The van der Waals surface area contributed by atoms with Gasteiger partial charge in [-0.05, 0) is 20.3 Å². The normalized spacial score (nSPS) is 8.71. The van der Waals surface area contributed by atoms with Gasteiger partial charge < -0.3 is 4.74 Å². The summed E-state index contributed by atoms with van der Waals surface area (Å²) in [6, 6.07) is 0. The lowest BCUT2D eigenvalue weighted by atomic mass is 10.1. The molecule has 0 aromatic heterocycles. The number of esters is 1. The van der Waals surface area contributed by atoms with Gasteiger partial charge in [-0.1, -0.05) is 0 Å². The van der Waals surface area contributed by atoms with Crippen LogP contribution in [-0.2, 0) is 14.3 Å². The fourth-order valence-electron chi connectivity index (χ4n) is 0.960. The Morgan fingerprint density at radius 1 is 1.36 bits per heavy atom. The molecule has 0 N–H and O–H groups in total. The molecule has 0 amide bonds. The molecule has 0 spiro atoms. The lowest BCUT2D eigenvalue weighted by Crippen LogP contribution is -2.10. The van der Waals surface area contributed by atoms with E-state index in [0.717, 1.165) is 6.42 Å². The average Bonchev–Trinajstić information content (AvgIpc) is 2.13. The summed E-state index contributed by atoms with van der Waals surface area (Å²) in [6.07, 6.45) is 1.74. The van der Waals surface area contributed by atoms with E-state index in [9.17, 15) is 9.59 Å². The Hall–Kier alpha value is -1.30. The van der Waals surface area contributed by atoms with Crippen LogP contribution in [0.1, 0.15) is 39.5 Å². The van der Waals surface area contributed by atoms with Crippen molar-refractivity contribution in [2.24, 2.45) is 0 Å². The summed E-state index contributed by atoms with van der Waals surface area (Å²) >= 11 is 0. The molecule has 0 fully saturated rings. The Balaban J connectivity index is 3.53. The summed E-state index contributed by atoms with van der Waals surface area (Å²) in [5, 5.41) is 0. The van der Waals surface area contributed by atoms with Crippen LogP contribution in [0.2, 0.25) is 0 Å². The highest BCUT2D eigenvalue weighted by Gasteiger charge is 2.08. The third-order valence-electron chi connectivity index (χ3n) is 1.58. The van der Waals surface area contributed by atoms with E-state index < -0.39 is 5.97 Å². The predicted octanol–water partition coefficient (Wildman–Crippen LogP) is 1.70. The van der Waals surface area contributed by atoms with Gasteiger partial charge in [0.05, 0.1) is 6.61 Å². The number of rotatable bonds is 6. The maximum absolute atomic E-state index is 11.1. The van der Waals surface area contributed by atoms with Crippen LogP contribution in [0.5, 0.6) is 0 Å². The number of ketones is 1. The molecule has 0 bridgehead atoms. The number of carbonyl (C=O) groups excluding carboxylic acids is 2. The van der Waals surface area contributed by atoms with Crippen molar-refractivity contribution in [2.75, 3.05) is 6.61 Å². The molecule has 14 heavy (non-hydrogen) atoms. The van der Waals surface area contributed by atoms with Crippen molar-refractivity contribution < 1.29 is 14.3 Å². The van der Waals surface area contributed by atoms with Gasteiger partial charge in [-0.3, -0.25) is 9.59 Å². The van der Waals surface area contributed by atoms with Gasteiger partial charge in [-0.15, -0.1) is 11.8 Å². The molecule has 78 valence electrons. The van der Waals surface area contributed by atoms with Crippen LogP contribution in [0.25, 0.3) is 0 Å². The number of carbonyl (C=O) groups is 2. The van der Waals surface area contributed by atoms with E-state index >= 15 is 0 Å². The highest BCUT2D eigenvalue weighted by atomic mass is 16.5. The highest BCUT2D eigenvalue weighted by Crippen LogP contribution is 1.99. The summed E-state index contributed by atoms with van der Waals surface area (Å²) in [5.74, 6) is 5.11. The van der Waals surface area contributed by atoms with Gasteiger partial charge in [0, 0.05) is 12.8 Å². The summed E-state index contributed by atoms with van der Waals surface area (Å²) in [6.45, 7) is 3.81. The molecule has 0 aromatic rings. The predicted molar refractivity (Wildman–Crippen MR) is 53.6 cm³/mol. The fraction of sp³-hybridized carbons (Fsp3) is 0.636. The summed E-state index contributed by atoms with van der Waals surface area (Å²) < 4.78 is 4.65. The van der Waals surface area contributed by atoms with Crippen molar-refractivity contribution in [1.29, 1.82) is 0 Å². The molecule has 0 atom stereocenters. The summed E-state index contributed by atoms with van der Waals surface area (Å²) in [5.41, 5.74) is 0. The molecular formula is C11H16O3. The lowest BCUT2D eigenvalue weighted by molar-refractivity contribution is -0.145. The Labute approximate surface area is 84.8 Å². The standard InChI is InChI=1S/C11H16O3/c1-3-5-6-7-8-10(12)9-11(13)14-4-2/h4,6-9H2,1-2H3. The zero-order chi connectivity index (χ0) is 10.8. The molecule has 0 aromatic carbocycles. The van der Waals surface area contributed by atoms with Crippen LogP contribution in [0.4, 0.5) is 0 Å². The number of hydrogen-bond acceptors (Lipinski definition) is 3. The van der Waals surface area contributed by atoms with Gasteiger partial charge >= 0.3 is 5.97 Å². The second-order valence-electron chi connectivity index (χ2n) is 2.80. The molecule has 0 heterocycles. The third kappa shape index (κ3) is 7.35. The lowest BCUT2D eigenvalue weighted by Gasteiger charge is -1.99. The van der Waals surface area contributed by atoms with Gasteiger partial charge in [0.1, 0.15) is 12.2 Å². The van der Waals surface area contributed by atoms with Gasteiger partial charge in [-0.2, -0.15) is 0 Å². The summed E-state index contributed by atoms with van der Waals surface area (Å²) in [4.78, 5) is 22.0. The largest absolute Gasteiger partial charge is 0.466 e. The van der Waals surface area contributed by atoms with E-state index in [1.807, 2.05) is 0 Å². The van der Waals surface area contributed by atoms with Crippen molar-refractivity contribution >= 4 is 11.8 Å². The number of Topliss-reactive ketones (excluding diaryl/α,β-unsaturated/α-hetero) is 1. The molecular weight excluding hydrogens is 180 g/mol. The van der Waals surface area contributed by atoms with E-state index in [4.69, 9.17) is 0 Å². The molecule has 0 aliphatic heterocycles. The quantitative estimate of drug-likeness (QED) is 0.281. The van der Waals surface area contributed by atoms with Crippen LogP contribution in [0.3, 0.4) is 0 Å². The molecule has 3 heteroatoms. The highest BCUT2D eigenvalue weighted by molar-refractivity contribution is 5.95. The fourth-order valence-corrected chi connectivity index (χ4v) is 0.960. The Kier molecular flexibility index (Phi) is 7.53. The first-order valence-electron chi connectivity index (χ1n) is 4.77. The van der Waals surface area contributed by atoms with E-state index in [-0.39, 0.29) is 12.2 Å². The van der Waals surface area contributed by atoms with Crippen molar-refractivity contribution in [1.82, 2.24) is 0 Å². The summed E-state index contributed by atoms with van der Waals surface area (Å²) in [7, 11) is 0. The van der Waals surface area contributed by atoms with Crippen molar-refractivity contribution in [3.8, 4) is 11.8 Å². The van der Waals surface area contributed by atoms with Crippen LogP contribution < -0.4 is 0 Å². The maximum atomic E-state index is 11.1. The molecule has 0 rings (SSSR count). The minimum Gasteiger partial charge on any atom is -0.466 e. The van der Waals surface area contributed by atoms with Crippen molar-refractivity contribution in [3.63, 3.8) is 0 Å². The smallest absolute Gasteiger partial charge is 0.313 e. The van der Waals surface area contributed by atoms with Crippen LogP contribution >= 0.6 is 0 Å². The van der Waals surface area contributed by atoms with Gasteiger partial charge in [-0.25, -0.2) is 0 Å². The molecule has 0 saturated carbocycles. The Morgan fingerprint density at radius 3 is 2.64 bits per heavy atom. The zero-order valence-electron chi connectivity index (χ0n) is 8.76. The first kappa shape index (κ1) is 12.7. The minimum atomic E-state index is -0.431. The van der Waals surface area contributed by atoms with Gasteiger partial charge in [0.2, 0.25) is 0 Å². The molecule has 3 nitrogen and oxygen atoms in total. The Morgan fingerprint density at radius 2 is 2.07 bits per heavy atom. The SMILES string of the molecule is CC#CCCCC(=O)CC(=O)OCC. The maximum Gasteiger partial charge on any atom is 0.313 e. The Bertz CT molecular complexity index is 245. The van der Waals surface area contributed by atoms with E-state index in [2.05, 4.69) is 16.6 Å². The second-order valence-corrected chi connectivity index (χ2v) is 2.80. The first-order chi connectivity index (χ1) is 6.70. The molecule has 0 saturated heterocycles. The second kappa shape index (κ2) is 8.31. The number of ether oxygens (including phenoxy) is 1. The van der Waals surface area contributed by atoms with Crippen LogP contribution in [0.15, 0.2) is 0 Å². The van der Waals surface area contributed by atoms with E-state index in [1.165, 1.54) is 0 Å². The molecule has 0 aliphatic carbocycles. The van der Waals surface area contributed by atoms with Crippen LogP contribution in [-0.4, -0.2) is 18.4 Å². The third-order valence-corrected chi connectivity index (χ3v) is 1.58. The molecule has 0 aliphatic rings. The zero-order valence-corrected chi connectivity index (χ0v) is 8.76. The van der Waals surface area contributed by atoms with Crippen molar-refractivity contribution in [3.05, 3.63) is 0 Å². The topological polar surface area (TPSA) is 43.4 Å². The monoisotopic (exact) mass is 196 g/mol. The van der Waals surface area contributed by atoms with Crippen molar-refractivity contribution in [2.45, 2.75) is 39.5 Å². The molecule has 0 unspecified atom stereocenters.